The molecule has 0 aliphatic carbocycles. The second kappa shape index (κ2) is 8.35. The summed E-state index contributed by atoms with van der Waals surface area (Å²) in [5.74, 6) is -0.824. The highest BCUT2D eigenvalue weighted by Gasteiger charge is 2.30. The van der Waals surface area contributed by atoms with Gasteiger partial charge in [-0.25, -0.2) is 0 Å². The summed E-state index contributed by atoms with van der Waals surface area (Å²) in [5.41, 5.74) is 0.610. The van der Waals surface area contributed by atoms with E-state index in [1.54, 1.807) is 12.1 Å². The van der Waals surface area contributed by atoms with Gasteiger partial charge in [-0.2, -0.15) is 0 Å². The maximum atomic E-state index is 12.1. The second-order valence-electron chi connectivity index (χ2n) is 5.00. The summed E-state index contributed by atoms with van der Waals surface area (Å²) in [6.07, 6.45) is -4.67. The first-order chi connectivity index (χ1) is 11.7. The Morgan fingerprint density at radius 1 is 1.08 bits per heavy atom. The number of nitrogens with one attached hydrogen (secondary N) is 1. The van der Waals surface area contributed by atoms with Crippen LogP contribution in [0, 0.1) is 0 Å². The minimum Gasteiger partial charge on any atom is -0.406 e. The molecule has 2 rings (SSSR count). The fourth-order valence-electron chi connectivity index (χ4n) is 1.91. The molecule has 0 bridgehead atoms. The lowest BCUT2D eigenvalue weighted by molar-refractivity contribution is -0.274. The van der Waals surface area contributed by atoms with Gasteiger partial charge in [-0.15, -0.1) is 24.5 Å². The van der Waals surface area contributed by atoms with Gasteiger partial charge < -0.3 is 10.1 Å². The van der Waals surface area contributed by atoms with Gasteiger partial charge in [0.25, 0.3) is 0 Å². The van der Waals surface area contributed by atoms with Gasteiger partial charge in [-0.05, 0) is 29.8 Å². The third-order valence-electron chi connectivity index (χ3n) is 3.07. The van der Waals surface area contributed by atoms with Crippen molar-refractivity contribution in [2.45, 2.75) is 25.7 Å². The van der Waals surface area contributed by atoms with Gasteiger partial charge in [0.05, 0.1) is 9.21 Å². The zero-order valence-corrected chi connectivity index (χ0v) is 14.3. The van der Waals surface area contributed by atoms with Crippen molar-refractivity contribution in [3.63, 3.8) is 0 Å². The number of carbonyl (C=O) groups is 2. The van der Waals surface area contributed by atoms with Gasteiger partial charge in [0, 0.05) is 19.4 Å². The Morgan fingerprint density at radius 3 is 2.32 bits per heavy atom. The summed E-state index contributed by atoms with van der Waals surface area (Å²) in [7, 11) is 0. The van der Waals surface area contributed by atoms with Crippen LogP contribution in [0.3, 0.4) is 0 Å². The lowest BCUT2D eigenvalue weighted by Gasteiger charge is -2.09. The number of benzene rings is 1. The quantitative estimate of drug-likeness (QED) is 0.703. The van der Waals surface area contributed by atoms with Crippen LogP contribution in [0.2, 0.25) is 4.34 Å². The van der Waals surface area contributed by atoms with E-state index in [1.165, 1.54) is 24.3 Å². The fraction of sp³-hybridized carbons (Fsp3) is 0.250. The molecular formula is C16H13ClF3NO3S. The molecule has 25 heavy (non-hydrogen) atoms. The lowest BCUT2D eigenvalue weighted by atomic mass is 10.1. The van der Waals surface area contributed by atoms with Crippen LogP contribution in [0.25, 0.3) is 0 Å². The Hall–Kier alpha value is -2.06. The second-order valence-corrected chi connectivity index (χ2v) is 6.71. The molecule has 1 aromatic carbocycles. The molecule has 134 valence electrons. The van der Waals surface area contributed by atoms with Crippen LogP contribution >= 0.6 is 22.9 Å². The molecular weight excluding hydrogens is 379 g/mol. The number of amides is 1. The molecule has 2 aromatic rings. The molecule has 0 radical (unpaired) electrons. The monoisotopic (exact) mass is 391 g/mol. The number of hydrogen-bond donors (Lipinski definition) is 1. The Labute approximate surface area is 150 Å². The number of halogens is 4. The number of thiophene rings is 1. The average molecular weight is 392 g/mol. The summed E-state index contributed by atoms with van der Waals surface area (Å²) in [6, 6.07) is 8.39. The minimum atomic E-state index is -4.74. The van der Waals surface area contributed by atoms with Crippen LogP contribution in [0.15, 0.2) is 36.4 Å². The zero-order chi connectivity index (χ0) is 18.4. The molecule has 0 spiro atoms. The van der Waals surface area contributed by atoms with Crippen LogP contribution in [-0.4, -0.2) is 18.1 Å². The van der Waals surface area contributed by atoms with Gasteiger partial charge in [0.2, 0.25) is 5.91 Å². The van der Waals surface area contributed by atoms with Crippen molar-refractivity contribution in [1.82, 2.24) is 5.32 Å². The molecule has 0 aliphatic rings. The number of ether oxygens (including phenoxy) is 1. The molecule has 0 fully saturated rings. The zero-order valence-electron chi connectivity index (χ0n) is 12.7. The van der Waals surface area contributed by atoms with Crippen molar-refractivity contribution in [2.24, 2.45) is 0 Å². The maximum Gasteiger partial charge on any atom is 0.573 e. The third kappa shape index (κ3) is 6.75. The molecule has 9 heteroatoms. The highest BCUT2D eigenvalue weighted by atomic mass is 35.5. The van der Waals surface area contributed by atoms with Gasteiger partial charge in [-0.1, -0.05) is 23.7 Å². The highest BCUT2D eigenvalue weighted by Crippen LogP contribution is 2.23. The van der Waals surface area contributed by atoms with Crippen molar-refractivity contribution in [1.29, 1.82) is 0 Å². The van der Waals surface area contributed by atoms with Crippen molar-refractivity contribution >= 4 is 34.6 Å². The predicted molar refractivity (Wildman–Crippen MR) is 87.9 cm³/mol. The van der Waals surface area contributed by atoms with E-state index in [0.29, 0.717) is 14.8 Å². The molecule has 4 nitrogen and oxygen atoms in total. The van der Waals surface area contributed by atoms with E-state index in [0.717, 1.165) is 11.3 Å². The number of rotatable bonds is 7. The fourth-order valence-corrected chi connectivity index (χ4v) is 2.92. The molecule has 1 amide bonds. The summed E-state index contributed by atoms with van der Waals surface area (Å²) in [4.78, 5) is 24.1. The average Bonchev–Trinajstić information content (AvgIpc) is 2.97. The first kappa shape index (κ1) is 19.3. The lowest BCUT2D eigenvalue weighted by Crippen LogP contribution is -2.23. The molecule has 1 aromatic heterocycles. The Kier molecular flexibility index (Phi) is 6.44. The Bertz CT molecular complexity index is 744. The summed E-state index contributed by atoms with van der Waals surface area (Å²) >= 11 is 6.90. The van der Waals surface area contributed by atoms with Crippen LogP contribution in [-0.2, 0) is 11.3 Å². The van der Waals surface area contributed by atoms with Crippen molar-refractivity contribution in [2.75, 3.05) is 0 Å². The maximum absolute atomic E-state index is 12.1. The number of hydrogen-bond acceptors (Lipinski definition) is 4. The number of ketones is 1. The first-order valence-electron chi connectivity index (χ1n) is 7.13. The van der Waals surface area contributed by atoms with Gasteiger partial charge in [-0.3, -0.25) is 9.59 Å². The van der Waals surface area contributed by atoms with E-state index in [4.69, 9.17) is 11.6 Å². The summed E-state index contributed by atoms with van der Waals surface area (Å²) in [6.45, 7) is 0.143. The summed E-state index contributed by atoms with van der Waals surface area (Å²) in [5, 5.41) is 2.60. The Morgan fingerprint density at radius 2 is 1.76 bits per heavy atom. The van der Waals surface area contributed by atoms with Crippen molar-refractivity contribution < 1.29 is 27.5 Å². The standard InChI is InChI=1S/C16H13ClF3NO3S/c17-14-7-6-13(25-14)12(22)5-8-15(23)21-9-10-1-3-11(4-2-10)24-16(18,19)20/h1-4,6-7H,5,8-9H2,(H,21,23). The molecule has 0 unspecified atom stereocenters. The molecule has 0 saturated heterocycles. The minimum absolute atomic E-state index is 0.0175. The van der Waals surface area contributed by atoms with Gasteiger partial charge in [0.1, 0.15) is 5.75 Å². The topological polar surface area (TPSA) is 55.4 Å². The van der Waals surface area contributed by atoms with E-state index < -0.39 is 6.36 Å². The smallest absolute Gasteiger partial charge is 0.406 e. The number of alkyl halides is 3. The van der Waals surface area contributed by atoms with Crippen LogP contribution in [0.5, 0.6) is 5.75 Å². The van der Waals surface area contributed by atoms with E-state index in [1.807, 2.05) is 0 Å². The van der Waals surface area contributed by atoms with E-state index in [-0.39, 0.29) is 36.8 Å². The van der Waals surface area contributed by atoms with E-state index in [2.05, 4.69) is 10.1 Å². The molecule has 1 N–H and O–H groups in total. The number of Topliss-reactive ketones (excluding diaryl/α,β-unsaturated/α-hetero) is 1. The van der Waals surface area contributed by atoms with Gasteiger partial charge in [0.15, 0.2) is 5.78 Å². The molecule has 0 saturated carbocycles. The van der Waals surface area contributed by atoms with E-state index >= 15 is 0 Å². The molecule has 1 heterocycles. The molecule has 0 atom stereocenters. The SMILES string of the molecule is O=C(CCC(=O)c1ccc(Cl)s1)NCc1ccc(OC(F)(F)F)cc1. The molecule has 0 aliphatic heterocycles. The Balaban J connectivity index is 1.75. The van der Waals surface area contributed by atoms with E-state index in [9.17, 15) is 22.8 Å². The normalized spacial score (nSPS) is 11.2. The van der Waals surface area contributed by atoms with Crippen LogP contribution in [0.1, 0.15) is 28.1 Å². The van der Waals surface area contributed by atoms with Crippen molar-refractivity contribution in [3.8, 4) is 5.75 Å². The largest absolute Gasteiger partial charge is 0.573 e. The van der Waals surface area contributed by atoms with Crippen molar-refractivity contribution in [3.05, 3.63) is 51.2 Å². The van der Waals surface area contributed by atoms with Gasteiger partial charge >= 0.3 is 6.36 Å². The number of carbonyl (C=O) groups excluding carboxylic acids is 2. The van der Waals surface area contributed by atoms with Crippen LogP contribution in [0.4, 0.5) is 13.2 Å². The predicted octanol–water partition coefficient (Wildman–Crippen LogP) is 4.58. The highest BCUT2D eigenvalue weighted by molar-refractivity contribution is 7.18. The first-order valence-corrected chi connectivity index (χ1v) is 8.32. The summed E-state index contributed by atoms with van der Waals surface area (Å²) < 4.78 is 40.4. The van der Waals surface area contributed by atoms with Crippen LogP contribution < -0.4 is 10.1 Å². The third-order valence-corrected chi connectivity index (χ3v) is 4.35.